The molecule has 0 aliphatic carbocycles. The molecule has 0 spiro atoms. The summed E-state index contributed by atoms with van der Waals surface area (Å²) in [5.41, 5.74) is 0. The smallest absolute Gasteiger partial charge is 0.462 e. The molecule has 292 valence electrons. The van der Waals surface area contributed by atoms with Crippen molar-refractivity contribution in [2.75, 3.05) is 33.4 Å². The van der Waals surface area contributed by atoms with E-state index in [0.29, 0.717) is 13.0 Å². The van der Waals surface area contributed by atoms with Crippen LogP contribution < -0.4 is 5.32 Å². The van der Waals surface area contributed by atoms with E-state index in [1.54, 1.807) is 7.05 Å². The summed E-state index contributed by atoms with van der Waals surface area (Å²) in [4.78, 5) is 34.9. The molecule has 9 nitrogen and oxygen atoms in total. The first-order valence-corrected chi connectivity index (χ1v) is 22.0. The predicted molar refractivity (Wildman–Crippen MR) is 202 cm³/mol. The topological polar surface area (TPSA) is 120 Å². The van der Waals surface area contributed by atoms with Gasteiger partial charge in [-0.2, -0.15) is 0 Å². The molecule has 0 rings (SSSR count). The average Bonchev–Trinajstić information content (AvgIpc) is 3.08. The van der Waals surface area contributed by atoms with Gasteiger partial charge in [0.1, 0.15) is 6.61 Å². The van der Waals surface area contributed by atoms with E-state index in [0.717, 1.165) is 38.5 Å². The molecule has 0 aromatic heterocycles. The number of carbonyl (C=O) groups is 2. The van der Waals surface area contributed by atoms with Crippen molar-refractivity contribution in [1.29, 1.82) is 0 Å². The summed E-state index contributed by atoms with van der Waals surface area (Å²) in [6.07, 6.45) is 32.8. The lowest BCUT2D eigenvalue weighted by Crippen LogP contribution is -2.29. The molecule has 0 aromatic carbocycles. The SMILES string of the molecule is CCCCCCCCCCCCCCCCCC(=O)OC(COC(=O)CCCCCCCCCCCCCC)COP(=O)(O)OCCNC. The Morgan fingerprint density at radius 2 is 0.918 bits per heavy atom. The quantitative estimate of drug-likeness (QED) is 0.0363. The summed E-state index contributed by atoms with van der Waals surface area (Å²) >= 11 is 0. The van der Waals surface area contributed by atoms with Gasteiger partial charge in [-0.3, -0.25) is 18.6 Å². The van der Waals surface area contributed by atoms with Gasteiger partial charge in [0, 0.05) is 19.4 Å². The zero-order valence-electron chi connectivity index (χ0n) is 32.2. The minimum absolute atomic E-state index is 0.0119. The second kappa shape index (κ2) is 36.8. The van der Waals surface area contributed by atoms with Crippen molar-refractivity contribution in [2.45, 2.75) is 206 Å². The molecule has 0 amide bonds. The molecule has 2 atom stereocenters. The van der Waals surface area contributed by atoms with Crippen molar-refractivity contribution in [3.63, 3.8) is 0 Å². The largest absolute Gasteiger partial charge is 0.472 e. The number of unbranched alkanes of at least 4 members (excludes halogenated alkanes) is 25. The highest BCUT2D eigenvalue weighted by atomic mass is 31.2. The van der Waals surface area contributed by atoms with Gasteiger partial charge in [-0.15, -0.1) is 0 Å². The molecule has 2 unspecified atom stereocenters. The molecule has 0 saturated carbocycles. The van der Waals surface area contributed by atoms with E-state index < -0.39 is 26.5 Å². The van der Waals surface area contributed by atoms with Crippen molar-refractivity contribution in [3.8, 4) is 0 Å². The van der Waals surface area contributed by atoms with Gasteiger partial charge in [0.15, 0.2) is 6.10 Å². The maximum atomic E-state index is 12.6. The Morgan fingerprint density at radius 1 is 0.551 bits per heavy atom. The lowest BCUT2D eigenvalue weighted by molar-refractivity contribution is -0.161. The predicted octanol–water partition coefficient (Wildman–Crippen LogP) is 11.1. The van der Waals surface area contributed by atoms with E-state index in [1.807, 2.05) is 0 Å². The second-order valence-electron chi connectivity index (χ2n) is 13.8. The van der Waals surface area contributed by atoms with Crippen LogP contribution in [-0.4, -0.2) is 56.3 Å². The number of ether oxygens (including phenoxy) is 2. The van der Waals surface area contributed by atoms with Crippen LogP contribution in [0.2, 0.25) is 0 Å². The molecule has 0 radical (unpaired) electrons. The molecule has 0 bridgehead atoms. The standard InChI is InChI=1S/C39H78NO8P/c1-4-6-8-10-12-14-16-18-19-20-22-24-26-28-30-32-39(42)48-37(36-47-49(43,44)46-34-33-40-3)35-45-38(41)31-29-27-25-23-21-17-15-13-11-9-7-5-2/h37,40H,4-36H2,1-3H3,(H,43,44). The lowest BCUT2D eigenvalue weighted by atomic mass is 10.0. The summed E-state index contributed by atoms with van der Waals surface area (Å²) in [7, 11) is -2.63. The van der Waals surface area contributed by atoms with Crippen LogP contribution in [0.5, 0.6) is 0 Å². The molecule has 0 aliphatic rings. The number of esters is 2. The number of phosphoric ester groups is 1. The molecule has 10 heteroatoms. The Hall–Kier alpha value is -0.990. The maximum Gasteiger partial charge on any atom is 0.472 e. The molecule has 0 heterocycles. The van der Waals surface area contributed by atoms with Crippen LogP contribution in [0.4, 0.5) is 0 Å². The van der Waals surface area contributed by atoms with Crippen molar-refractivity contribution < 1.29 is 37.6 Å². The molecule has 0 fully saturated rings. The summed E-state index contributed by atoms with van der Waals surface area (Å²) in [6.45, 7) is 4.24. The van der Waals surface area contributed by atoms with Crippen LogP contribution in [0.25, 0.3) is 0 Å². The molecule has 0 aliphatic heterocycles. The zero-order valence-corrected chi connectivity index (χ0v) is 33.1. The van der Waals surface area contributed by atoms with Crippen LogP contribution >= 0.6 is 7.82 Å². The van der Waals surface area contributed by atoms with Gasteiger partial charge in [-0.25, -0.2) is 4.57 Å². The Balaban J connectivity index is 4.21. The van der Waals surface area contributed by atoms with E-state index in [1.165, 1.54) is 135 Å². The van der Waals surface area contributed by atoms with Gasteiger partial charge in [0.25, 0.3) is 0 Å². The monoisotopic (exact) mass is 720 g/mol. The fraction of sp³-hybridized carbons (Fsp3) is 0.949. The summed E-state index contributed by atoms with van der Waals surface area (Å²) in [6, 6.07) is 0. The maximum absolute atomic E-state index is 12.6. The Morgan fingerprint density at radius 3 is 1.31 bits per heavy atom. The number of hydrogen-bond donors (Lipinski definition) is 2. The van der Waals surface area contributed by atoms with Crippen molar-refractivity contribution >= 4 is 19.8 Å². The fourth-order valence-electron chi connectivity index (χ4n) is 5.85. The number of likely N-dealkylation sites (N-methyl/N-ethyl adjacent to an activating group) is 1. The first kappa shape index (κ1) is 48.0. The highest BCUT2D eigenvalue weighted by molar-refractivity contribution is 7.47. The van der Waals surface area contributed by atoms with Gasteiger partial charge in [-0.05, 0) is 19.9 Å². The highest BCUT2D eigenvalue weighted by Crippen LogP contribution is 2.43. The third-order valence-electron chi connectivity index (χ3n) is 8.98. The first-order valence-electron chi connectivity index (χ1n) is 20.5. The normalized spacial score (nSPS) is 13.3. The number of carbonyl (C=O) groups excluding carboxylic acids is 2. The van der Waals surface area contributed by atoms with Crippen LogP contribution in [-0.2, 0) is 32.7 Å². The third kappa shape index (κ3) is 36.6. The fourth-order valence-corrected chi connectivity index (χ4v) is 6.60. The van der Waals surface area contributed by atoms with Crippen LogP contribution in [0.15, 0.2) is 0 Å². The molecule has 0 saturated heterocycles. The number of nitrogens with one attached hydrogen (secondary N) is 1. The third-order valence-corrected chi connectivity index (χ3v) is 9.96. The first-order chi connectivity index (χ1) is 23.8. The lowest BCUT2D eigenvalue weighted by Gasteiger charge is -2.20. The number of rotatable bonds is 39. The Labute approximate surface area is 301 Å². The van der Waals surface area contributed by atoms with Gasteiger partial charge < -0.3 is 19.7 Å². The van der Waals surface area contributed by atoms with Gasteiger partial charge in [0.05, 0.1) is 13.2 Å². The summed E-state index contributed by atoms with van der Waals surface area (Å²) in [5.74, 6) is -0.794. The molecule has 49 heavy (non-hydrogen) atoms. The number of hydrogen-bond acceptors (Lipinski definition) is 8. The Bertz CT molecular complexity index is 784. The number of phosphoric acid groups is 1. The minimum atomic E-state index is -4.33. The summed E-state index contributed by atoms with van der Waals surface area (Å²) in [5, 5.41) is 2.82. The van der Waals surface area contributed by atoms with Crippen LogP contribution in [0, 0.1) is 0 Å². The van der Waals surface area contributed by atoms with Gasteiger partial charge in [-0.1, -0.05) is 174 Å². The molecule has 0 aromatic rings. The van der Waals surface area contributed by atoms with Gasteiger partial charge in [0.2, 0.25) is 0 Å². The zero-order chi connectivity index (χ0) is 36.1. The molecular formula is C39H78NO8P. The van der Waals surface area contributed by atoms with E-state index >= 15 is 0 Å². The highest BCUT2D eigenvalue weighted by Gasteiger charge is 2.26. The van der Waals surface area contributed by atoms with Crippen molar-refractivity contribution in [3.05, 3.63) is 0 Å². The Kier molecular flexibility index (Phi) is 36.0. The van der Waals surface area contributed by atoms with E-state index in [2.05, 4.69) is 19.2 Å². The van der Waals surface area contributed by atoms with E-state index in [-0.39, 0.29) is 25.6 Å². The molecule has 2 N–H and O–H groups in total. The van der Waals surface area contributed by atoms with Crippen LogP contribution in [0.3, 0.4) is 0 Å². The van der Waals surface area contributed by atoms with E-state index in [4.69, 9.17) is 18.5 Å². The van der Waals surface area contributed by atoms with E-state index in [9.17, 15) is 19.0 Å². The minimum Gasteiger partial charge on any atom is -0.462 e. The summed E-state index contributed by atoms with van der Waals surface area (Å²) < 4.78 is 33.1. The van der Waals surface area contributed by atoms with Crippen molar-refractivity contribution in [1.82, 2.24) is 5.32 Å². The van der Waals surface area contributed by atoms with Crippen LogP contribution in [0.1, 0.15) is 200 Å². The molecular weight excluding hydrogens is 641 g/mol. The average molecular weight is 720 g/mol. The van der Waals surface area contributed by atoms with Crippen molar-refractivity contribution in [2.24, 2.45) is 0 Å². The van der Waals surface area contributed by atoms with Gasteiger partial charge >= 0.3 is 19.8 Å². The second-order valence-corrected chi connectivity index (χ2v) is 15.3.